The molecule has 1 atom stereocenters. The molecule has 0 radical (unpaired) electrons. The van der Waals surface area contributed by atoms with Crippen molar-refractivity contribution in [2.24, 2.45) is 0 Å². The first kappa shape index (κ1) is 42.1. The molecule has 2 amide bonds. The molecule has 3 aliphatic rings. The fraction of sp³-hybridized carbons (Fsp3) is 0.528. The number of hydrogen-bond donors (Lipinski definition) is 2. The third kappa shape index (κ3) is 13.0. The van der Waals surface area contributed by atoms with Gasteiger partial charge in [0.15, 0.2) is 6.10 Å². The molecule has 0 spiro atoms. The third-order valence-electron chi connectivity index (χ3n) is 9.12. The average Bonchev–Trinajstić information content (AvgIpc) is 3.10. The minimum absolute atomic E-state index is 0. The summed E-state index contributed by atoms with van der Waals surface area (Å²) in [4.78, 5) is 43.9. The fourth-order valence-electron chi connectivity index (χ4n) is 6.32. The number of amides is 2. The number of benzene rings is 2. The standard InChI is InChI=1S/C36H47ClN4O9S.Na.H/c1-39(14-17-51(45,46)47)33(42)6-4-2-3-5-7-34(43)49-25-31-24-41-23-29(36(44)38-21-26-8-10-30(37)11-9-26)20-28-18-27(19-32(50-31)35(28)41)22-40-12-15-48-16-13-40;;/h8-11,18-19,23,31H,2-7,12-17,20-22,24-25H2,1H3,(H,38,44)(H,45,46,47);;. The molecule has 3 heterocycles. The van der Waals surface area contributed by atoms with E-state index in [0.717, 1.165) is 54.9 Å². The van der Waals surface area contributed by atoms with Crippen molar-refractivity contribution in [3.05, 3.63) is 69.9 Å². The minimum atomic E-state index is -4.12. The number of halogens is 1. The molecule has 16 heteroatoms. The monoisotopic (exact) mass is 770 g/mol. The van der Waals surface area contributed by atoms with E-state index in [1.807, 2.05) is 29.3 Å². The molecule has 13 nitrogen and oxygen atoms in total. The van der Waals surface area contributed by atoms with Gasteiger partial charge >= 0.3 is 35.5 Å². The number of carbonyl (C=O) groups excluding carboxylic acids is 3. The Bertz CT molecular complexity index is 1690. The predicted molar refractivity (Wildman–Crippen MR) is 199 cm³/mol. The van der Waals surface area contributed by atoms with Crippen LogP contribution < -0.4 is 15.0 Å². The first-order valence-electron chi connectivity index (χ1n) is 17.4. The number of unbranched alkanes of at least 4 members (excludes halogenated alkanes) is 3. The molecule has 1 fully saturated rings. The summed E-state index contributed by atoms with van der Waals surface area (Å²) in [5, 5.41) is 3.67. The number of morpholine rings is 1. The summed E-state index contributed by atoms with van der Waals surface area (Å²) in [5.74, 6) is -0.465. The Kier molecular flexibility index (Phi) is 16.3. The van der Waals surface area contributed by atoms with Crippen LogP contribution in [0.2, 0.25) is 5.02 Å². The number of anilines is 1. The SMILES string of the molecule is CN(CCS(=O)(=O)O)C(=O)CCCCCCC(=O)OCC1CN2C=C(C(=O)NCc3ccc(Cl)cc3)Cc3cc(CN4CCOCC4)cc(c32)O1.[NaH]. The second-order valence-electron chi connectivity index (χ2n) is 13.2. The molecule has 0 saturated carbocycles. The molecule has 2 N–H and O–H groups in total. The zero-order valence-electron chi connectivity index (χ0n) is 29.0. The molecule has 3 aliphatic heterocycles. The molecule has 2 aromatic carbocycles. The molecular formula is C36H48ClN4NaO9S. The molecule has 1 saturated heterocycles. The Labute approximate surface area is 333 Å². The van der Waals surface area contributed by atoms with Crippen molar-refractivity contribution in [3.63, 3.8) is 0 Å². The van der Waals surface area contributed by atoms with Crippen LogP contribution in [-0.2, 0) is 53.5 Å². The molecule has 52 heavy (non-hydrogen) atoms. The normalized spacial score (nSPS) is 16.9. The van der Waals surface area contributed by atoms with Gasteiger partial charge in [0.2, 0.25) is 11.8 Å². The molecule has 2 aromatic rings. The molecule has 0 bridgehead atoms. The number of nitrogens with zero attached hydrogens (tertiary/aromatic N) is 3. The fourth-order valence-corrected chi connectivity index (χ4v) is 6.95. The zero-order chi connectivity index (χ0) is 36.4. The topological polar surface area (TPSA) is 155 Å². The van der Waals surface area contributed by atoms with Crippen molar-refractivity contribution < 1.29 is 41.6 Å². The van der Waals surface area contributed by atoms with Crippen molar-refractivity contribution in [2.75, 3.05) is 63.7 Å². The van der Waals surface area contributed by atoms with Gasteiger partial charge in [-0.2, -0.15) is 8.42 Å². The van der Waals surface area contributed by atoms with Gasteiger partial charge in [0.05, 0.1) is 31.2 Å². The summed E-state index contributed by atoms with van der Waals surface area (Å²) >= 11 is 6.02. The first-order valence-corrected chi connectivity index (χ1v) is 19.4. The van der Waals surface area contributed by atoms with Crippen molar-refractivity contribution in [1.29, 1.82) is 0 Å². The molecule has 280 valence electrons. The van der Waals surface area contributed by atoms with Crippen LogP contribution in [0.5, 0.6) is 5.75 Å². The van der Waals surface area contributed by atoms with Gasteiger partial charge in [-0.3, -0.25) is 23.8 Å². The van der Waals surface area contributed by atoms with Crippen LogP contribution in [-0.4, -0.2) is 135 Å². The number of nitrogens with one attached hydrogen (secondary N) is 1. The summed E-state index contributed by atoms with van der Waals surface area (Å²) < 4.78 is 48.2. The van der Waals surface area contributed by atoms with E-state index in [4.69, 9.17) is 30.4 Å². The van der Waals surface area contributed by atoms with E-state index < -0.39 is 22.0 Å². The number of esters is 1. The van der Waals surface area contributed by atoms with Gasteiger partial charge in [0, 0.05) is 75.8 Å². The van der Waals surface area contributed by atoms with Crippen molar-refractivity contribution in [2.45, 2.75) is 64.1 Å². The molecule has 0 aromatic heterocycles. The van der Waals surface area contributed by atoms with E-state index in [2.05, 4.69) is 16.3 Å². The van der Waals surface area contributed by atoms with E-state index in [1.54, 1.807) is 12.1 Å². The van der Waals surface area contributed by atoms with Crippen molar-refractivity contribution >= 4 is 74.7 Å². The Balaban J connectivity index is 0.00000605. The maximum atomic E-state index is 13.4. The first-order chi connectivity index (χ1) is 24.4. The van der Waals surface area contributed by atoms with Crippen LogP contribution in [0.4, 0.5) is 5.69 Å². The van der Waals surface area contributed by atoms with E-state index >= 15 is 0 Å². The molecule has 0 aliphatic carbocycles. The maximum absolute atomic E-state index is 13.4. The van der Waals surface area contributed by atoms with Gasteiger partial charge in [-0.15, -0.1) is 0 Å². The third-order valence-corrected chi connectivity index (χ3v) is 10.1. The van der Waals surface area contributed by atoms with Crippen LogP contribution in [0.25, 0.3) is 0 Å². The second-order valence-corrected chi connectivity index (χ2v) is 15.2. The summed E-state index contributed by atoms with van der Waals surface area (Å²) in [6.45, 7) is 4.57. The Morgan fingerprint density at radius 2 is 1.75 bits per heavy atom. The summed E-state index contributed by atoms with van der Waals surface area (Å²) in [5.41, 5.74) is 4.60. The van der Waals surface area contributed by atoms with Gasteiger partial charge in [0.25, 0.3) is 10.1 Å². The quantitative estimate of drug-likeness (QED) is 0.106. The second kappa shape index (κ2) is 20.1. The van der Waals surface area contributed by atoms with Crippen LogP contribution in [0.1, 0.15) is 55.2 Å². The number of carbonyl (C=O) groups is 3. The zero-order valence-corrected chi connectivity index (χ0v) is 30.6. The van der Waals surface area contributed by atoms with Crippen molar-refractivity contribution in [3.8, 4) is 5.75 Å². The van der Waals surface area contributed by atoms with E-state index in [0.29, 0.717) is 61.9 Å². The van der Waals surface area contributed by atoms with Crippen LogP contribution >= 0.6 is 11.6 Å². The van der Waals surface area contributed by atoms with E-state index in [9.17, 15) is 22.8 Å². The molecule has 5 rings (SSSR count). The Morgan fingerprint density at radius 3 is 2.46 bits per heavy atom. The van der Waals surface area contributed by atoms with Crippen molar-refractivity contribution in [1.82, 2.24) is 15.1 Å². The van der Waals surface area contributed by atoms with Crippen LogP contribution in [0.15, 0.2) is 48.2 Å². The summed E-state index contributed by atoms with van der Waals surface area (Å²) in [6.07, 6.45) is 5.09. The summed E-state index contributed by atoms with van der Waals surface area (Å²) in [6, 6.07) is 11.6. The molecular weight excluding hydrogens is 723 g/mol. The van der Waals surface area contributed by atoms with E-state index in [-0.39, 0.29) is 73.3 Å². The number of rotatable bonds is 17. The van der Waals surface area contributed by atoms with Gasteiger partial charge < -0.3 is 29.3 Å². The predicted octanol–water partition coefficient (Wildman–Crippen LogP) is 3.08. The van der Waals surface area contributed by atoms with Crippen LogP contribution in [0, 0.1) is 0 Å². The van der Waals surface area contributed by atoms with E-state index in [1.165, 1.54) is 11.9 Å². The Morgan fingerprint density at radius 1 is 1.04 bits per heavy atom. The van der Waals surface area contributed by atoms with Gasteiger partial charge in [-0.1, -0.05) is 42.6 Å². The number of ether oxygens (including phenoxy) is 3. The van der Waals surface area contributed by atoms with Gasteiger partial charge in [-0.05, 0) is 47.7 Å². The average molecular weight is 771 g/mol. The number of hydrogen-bond acceptors (Lipinski definition) is 10. The van der Waals surface area contributed by atoms with Gasteiger partial charge in [-0.25, -0.2) is 0 Å². The van der Waals surface area contributed by atoms with Gasteiger partial charge in [0.1, 0.15) is 12.4 Å². The molecule has 1 unspecified atom stereocenters. The van der Waals surface area contributed by atoms with Crippen LogP contribution in [0.3, 0.4) is 0 Å². The Hall–Kier alpha value is -2.69. The summed E-state index contributed by atoms with van der Waals surface area (Å²) in [7, 11) is -2.62.